The number of aromatic amines is 1. The van der Waals surface area contributed by atoms with Crippen LogP contribution in [0, 0.1) is 0 Å². The van der Waals surface area contributed by atoms with Gasteiger partial charge in [-0.2, -0.15) is 0 Å². The summed E-state index contributed by atoms with van der Waals surface area (Å²) in [5.41, 5.74) is 3.25. The van der Waals surface area contributed by atoms with Crippen LogP contribution in [0.5, 0.6) is 0 Å². The lowest BCUT2D eigenvalue weighted by Crippen LogP contribution is -2.30. The molecule has 0 saturated heterocycles. The first-order chi connectivity index (χ1) is 13.6. The molecule has 0 bridgehead atoms. The highest BCUT2D eigenvalue weighted by Crippen LogP contribution is 2.25. The van der Waals surface area contributed by atoms with Gasteiger partial charge in [0.1, 0.15) is 0 Å². The van der Waals surface area contributed by atoms with Gasteiger partial charge in [0, 0.05) is 22.7 Å². The van der Waals surface area contributed by atoms with Crippen molar-refractivity contribution >= 4 is 16.8 Å². The summed E-state index contributed by atoms with van der Waals surface area (Å²) in [6, 6.07) is 22.1. The van der Waals surface area contributed by atoms with Gasteiger partial charge in [-0.05, 0) is 25.1 Å². The van der Waals surface area contributed by atoms with Crippen molar-refractivity contribution in [2.24, 2.45) is 0 Å². The Hall–Kier alpha value is -3.73. The molecule has 5 heteroatoms. The lowest BCUT2D eigenvalue weighted by molar-refractivity contribution is 0.0941. The van der Waals surface area contributed by atoms with Crippen LogP contribution in [0.4, 0.5) is 0 Å². The summed E-state index contributed by atoms with van der Waals surface area (Å²) < 4.78 is 0. The standard InChI is InChI=1S/C23H19N3O2/c1-15(17-11-7-13-24-22(17)27)25-23(28)19-14-21(16-8-3-2-4-9-16)26-20-12-6-5-10-18(19)20/h2-15H,1H3,(H,24,27)(H,25,28). The van der Waals surface area contributed by atoms with Gasteiger partial charge in [0.2, 0.25) is 0 Å². The number of nitrogens with one attached hydrogen (secondary N) is 2. The zero-order valence-corrected chi connectivity index (χ0v) is 15.3. The van der Waals surface area contributed by atoms with E-state index in [4.69, 9.17) is 4.98 Å². The number of amides is 1. The van der Waals surface area contributed by atoms with Crippen LogP contribution >= 0.6 is 0 Å². The molecule has 2 aromatic carbocycles. The van der Waals surface area contributed by atoms with E-state index in [0.717, 1.165) is 22.2 Å². The summed E-state index contributed by atoms with van der Waals surface area (Å²) in [6.45, 7) is 1.80. The Morgan fingerprint density at radius 1 is 1.00 bits per heavy atom. The first-order valence-electron chi connectivity index (χ1n) is 9.07. The van der Waals surface area contributed by atoms with E-state index < -0.39 is 6.04 Å². The molecule has 2 heterocycles. The van der Waals surface area contributed by atoms with Crippen LogP contribution in [0.2, 0.25) is 0 Å². The first-order valence-corrected chi connectivity index (χ1v) is 9.07. The minimum absolute atomic E-state index is 0.208. The van der Waals surface area contributed by atoms with E-state index in [9.17, 15) is 9.59 Å². The second-order valence-corrected chi connectivity index (χ2v) is 6.59. The molecule has 1 unspecified atom stereocenters. The molecule has 0 aliphatic heterocycles. The zero-order valence-electron chi connectivity index (χ0n) is 15.3. The van der Waals surface area contributed by atoms with Gasteiger partial charge in [0.25, 0.3) is 11.5 Å². The summed E-state index contributed by atoms with van der Waals surface area (Å²) in [7, 11) is 0. The largest absolute Gasteiger partial charge is 0.345 e. The van der Waals surface area contributed by atoms with E-state index in [-0.39, 0.29) is 11.5 Å². The van der Waals surface area contributed by atoms with Crippen LogP contribution < -0.4 is 10.9 Å². The van der Waals surface area contributed by atoms with Crippen LogP contribution in [0.15, 0.2) is 83.8 Å². The monoisotopic (exact) mass is 369 g/mol. The molecule has 0 saturated carbocycles. The minimum Gasteiger partial charge on any atom is -0.345 e. The van der Waals surface area contributed by atoms with Crippen molar-refractivity contribution in [1.29, 1.82) is 0 Å². The molecule has 2 N–H and O–H groups in total. The lowest BCUT2D eigenvalue weighted by atomic mass is 10.0. The van der Waals surface area contributed by atoms with Crippen LogP contribution in [0.25, 0.3) is 22.2 Å². The van der Waals surface area contributed by atoms with Gasteiger partial charge >= 0.3 is 0 Å². The van der Waals surface area contributed by atoms with Crippen molar-refractivity contribution in [3.63, 3.8) is 0 Å². The normalized spacial score (nSPS) is 11.9. The molecular formula is C23H19N3O2. The molecule has 4 rings (SSSR count). The second-order valence-electron chi connectivity index (χ2n) is 6.59. The third kappa shape index (κ3) is 3.42. The van der Waals surface area contributed by atoms with Crippen LogP contribution in [0.1, 0.15) is 28.9 Å². The van der Waals surface area contributed by atoms with Crippen molar-refractivity contribution in [2.45, 2.75) is 13.0 Å². The smallest absolute Gasteiger partial charge is 0.253 e. The molecule has 1 amide bonds. The first kappa shape index (κ1) is 17.7. The molecular weight excluding hydrogens is 350 g/mol. The molecule has 1 atom stereocenters. The SMILES string of the molecule is CC(NC(=O)c1cc(-c2ccccc2)nc2ccccc12)c1ccc[nH]c1=O. The van der Waals surface area contributed by atoms with E-state index in [1.807, 2.05) is 54.6 Å². The Bertz CT molecular complexity index is 1200. The predicted octanol–water partition coefficient (Wildman–Crippen LogP) is 4.08. The van der Waals surface area contributed by atoms with Gasteiger partial charge in [0.15, 0.2) is 0 Å². The van der Waals surface area contributed by atoms with E-state index in [1.54, 1.807) is 31.3 Å². The van der Waals surface area contributed by atoms with Gasteiger partial charge in [-0.15, -0.1) is 0 Å². The maximum atomic E-state index is 13.1. The average Bonchev–Trinajstić information content (AvgIpc) is 2.73. The van der Waals surface area contributed by atoms with Crippen LogP contribution in [-0.2, 0) is 0 Å². The van der Waals surface area contributed by atoms with Crippen molar-refractivity contribution in [2.75, 3.05) is 0 Å². The number of pyridine rings is 2. The Morgan fingerprint density at radius 3 is 2.54 bits per heavy atom. The molecule has 0 radical (unpaired) electrons. The fourth-order valence-corrected chi connectivity index (χ4v) is 3.25. The molecule has 4 aromatic rings. The Balaban J connectivity index is 1.76. The topological polar surface area (TPSA) is 74.8 Å². The number of nitrogens with zero attached hydrogens (tertiary/aromatic N) is 1. The molecule has 138 valence electrons. The van der Waals surface area contributed by atoms with Crippen molar-refractivity contribution in [1.82, 2.24) is 15.3 Å². The molecule has 0 spiro atoms. The Labute approximate surface area is 162 Å². The zero-order chi connectivity index (χ0) is 19.5. The van der Waals surface area contributed by atoms with Crippen molar-refractivity contribution < 1.29 is 4.79 Å². The number of hydrogen-bond donors (Lipinski definition) is 2. The molecule has 0 fully saturated rings. The van der Waals surface area contributed by atoms with E-state index in [2.05, 4.69) is 10.3 Å². The number of fused-ring (bicyclic) bond motifs is 1. The number of carbonyl (C=O) groups is 1. The van der Waals surface area contributed by atoms with Gasteiger partial charge in [-0.1, -0.05) is 54.6 Å². The average molecular weight is 369 g/mol. The fraction of sp³-hybridized carbons (Fsp3) is 0.0870. The summed E-state index contributed by atoms with van der Waals surface area (Å²) in [5.74, 6) is -0.244. The van der Waals surface area contributed by atoms with Crippen molar-refractivity contribution in [3.05, 3.63) is 100 Å². The lowest BCUT2D eigenvalue weighted by Gasteiger charge is -2.15. The second kappa shape index (κ2) is 7.48. The van der Waals surface area contributed by atoms with Gasteiger partial charge in [-0.3, -0.25) is 9.59 Å². The van der Waals surface area contributed by atoms with E-state index in [0.29, 0.717) is 11.1 Å². The summed E-state index contributed by atoms with van der Waals surface area (Å²) >= 11 is 0. The number of H-pyrrole nitrogens is 1. The molecule has 0 aliphatic rings. The highest BCUT2D eigenvalue weighted by atomic mass is 16.2. The van der Waals surface area contributed by atoms with Crippen LogP contribution in [0.3, 0.4) is 0 Å². The fourth-order valence-electron chi connectivity index (χ4n) is 3.25. The third-order valence-corrected chi connectivity index (χ3v) is 4.69. The molecule has 28 heavy (non-hydrogen) atoms. The summed E-state index contributed by atoms with van der Waals surface area (Å²) in [5, 5.41) is 3.71. The van der Waals surface area contributed by atoms with Crippen molar-refractivity contribution in [3.8, 4) is 11.3 Å². The number of benzene rings is 2. The van der Waals surface area contributed by atoms with Gasteiger partial charge in [0.05, 0.1) is 22.8 Å². The maximum Gasteiger partial charge on any atom is 0.253 e. The quantitative estimate of drug-likeness (QED) is 0.569. The molecule has 2 aromatic heterocycles. The van der Waals surface area contributed by atoms with Gasteiger partial charge < -0.3 is 10.3 Å². The maximum absolute atomic E-state index is 13.1. The summed E-state index contributed by atoms with van der Waals surface area (Å²) in [6.07, 6.45) is 1.57. The number of para-hydroxylation sites is 1. The van der Waals surface area contributed by atoms with E-state index in [1.165, 1.54) is 0 Å². The minimum atomic E-state index is -0.426. The third-order valence-electron chi connectivity index (χ3n) is 4.69. The Kier molecular flexibility index (Phi) is 4.72. The van der Waals surface area contributed by atoms with Gasteiger partial charge in [-0.25, -0.2) is 4.98 Å². The highest BCUT2D eigenvalue weighted by molar-refractivity contribution is 6.07. The van der Waals surface area contributed by atoms with Crippen LogP contribution in [-0.4, -0.2) is 15.9 Å². The number of rotatable bonds is 4. The highest BCUT2D eigenvalue weighted by Gasteiger charge is 2.17. The number of hydrogen-bond acceptors (Lipinski definition) is 3. The van der Waals surface area contributed by atoms with E-state index >= 15 is 0 Å². The number of carbonyl (C=O) groups excluding carboxylic acids is 1. The molecule has 0 aliphatic carbocycles. The Morgan fingerprint density at radius 2 is 1.75 bits per heavy atom. The molecule has 5 nitrogen and oxygen atoms in total. The number of aromatic nitrogens is 2. The summed E-state index contributed by atoms with van der Waals surface area (Å²) in [4.78, 5) is 32.4. The predicted molar refractivity (Wildman–Crippen MR) is 110 cm³/mol.